The first kappa shape index (κ1) is 14.9. The Kier molecular flexibility index (Phi) is 3.14. The van der Waals surface area contributed by atoms with E-state index < -0.39 is 0 Å². The largest absolute Gasteiger partial charge is 0.312 e. The Morgan fingerprint density at radius 2 is 1.80 bits per heavy atom. The van der Waals surface area contributed by atoms with Crippen molar-refractivity contribution in [2.45, 2.75) is 6.54 Å². The van der Waals surface area contributed by atoms with E-state index in [1.165, 1.54) is 16.5 Å². The van der Waals surface area contributed by atoms with Gasteiger partial charge in [0.1, 0.15) is 6.33 Å². The van der Waals surface area contributed by atoms with Crippen molar-refractivity contribution in [3.63, 3.8) is 0 Å². The van der Waals surface area contributed by atoms with E-state index in [9.17, 15) is 0 Å². The van der Waals surface area contributed by atoms with Crippen molar-refractivity contribution >= 4 is 48.9 Å². The zero-order valence-electron chi connectivity index (χ0n) is 13.9. The van der Waals surface area contributed by atoms with Crippen LogP contribution in [0.5, 0.6) is 0 Å². The summed E-state index contributed by atoms with van der Waals surface area (Å²) in [5.41, 5.74) is 5.58. The molecule has 0 spiro atoms. The van der Waals surface area contributed by atoms with Gasteiger partial charge in [-0.25, -0.2) is 0 Å². The van der Waals surface area contributed by atoms with Crippen LogP contribution in [0.2, 0.25) is 0 Å². The normalized spacial score (nSPS) is 12.3. The number of rotatable bonds is 2. The average molecular weight is 394 g/mol. The van der Waals surface area contributed by atoms with Gasteiger partial charge in [-0.15, -0.1) is 10.2 Å². The maximum atomic E-state index is 4.41. The van der Waals surface area contributed by atoms with E-state index in [2.05, 4.69) is 96.5 Å². The lowest BCUT2D eigenvalue weighted by Crippen LogP contribution is -2.11. The van der Waals surface area contributed by atoms with E-state index in [0.717, 1.165) is 33.1 Å². The summed E-state index contributed by atoms with van der Waals surface area (Å²) in [5, 5.41) is 10.9. The smallest absolute Gasteiger partial charge is 0.170 e. The van der Waals surface area contributed by atoms with Gasteiger partial charge in [-0.1, -0.05) is 24.3 Å². The van der Waals surface area contributed by atoms with E-state index in [1.807, 2.05) is 0 Å². The lowest BCUT2D eigenvalue weighted by molar-refractivity contribution is 0.404. The van der Waals surface area contributed by atoms with Crippen molar-refractivity contribution in [1.29, 1.82) is 0 Å². The molecule has 6 heteroatoms. The molecule has 3 aromatic heterocycles. The molecule has 0 atom stereocenters. The van der Waals surface area contributed by atoms with Crippen LogP contribution in [-0.2, 0) is 6.54 Å². The number of hydrogen-bond donors (Lipinski definition) is 0. The average Bonchev–Trinajstić information content (AvgIpc) is 3.17. The van der Waals surface area contributed by atoms with Crippen molar-refractivity contribution in [3.8, 4) is 0 Å². The minimum absolute atomic E-state index is 0.861. The third-order valence-corrected chi connectivity index (χ3v) is 5.28. The molecule has 0 unspecified atom stereocenters. The molecule has 0 fully saturated rings. The van der Waals surface area contributed by atoms with Crippen LogP contribution in [0.3, 0.4) is 0 Å². The van der Waals surface area contributed by atoms with Crippen molar-refractivity contribution in [1.82, 2.24) is 23.9 Å². The number of fused-ring (bicyclic) bond motifs is 5. The first-order chi connectivity index (χ1) is 12.1. The molecule has 0 saturated carbocycles. The van der Waals surface area contributed by atoms with Crippen LogP contribution in [0.25, 0.3) is 33.0 Å². The number of para-hydroxylation sites is 2. The number of benzene rings is 2. The standard InChI is InChI=1S/C19H16BrN5/c1-23(2)9-12-5-3-8-16-17(12)24-10-15(20)13-6-4-7-14(18(13)24)19-22-21-11-25(16)19/h3-8,10-11H,9H2,1-2H3. The van der Waals surface area contributed by atoms with Gasteiger partial charge >= 0.3 is 0 Å². The van der Waals surface area contributed by atoms with Crippen molar-refractivity contribution < 1.29 is 0 Å². The van der Waals surface area contributed by atoms with Gasteiger partial charge in [-0.2, -0.15) is 0 Å². The van der Waals surface area contributed by atoms with Crippen LogP contribution >= 0.6 is 15.9 Å². The van der Waals surface area contributed by atoms with Crippen LogP contribution in [0, 0.1) is 0 Å². The number of aromatic nitrogens is 4. The predicted octanol–water partition coefficient (Wildman–Crippen LogP) is 4.11. The molecule has 3 heterocycles. The molecule has 0 radical (unpaired) electrons. The molecular formula is C19H16BrN5. The Hall–Kier alpha value is -2.44. The summed E-state index contributed by atoms with van der Waals surface area (Å²) in [7, 11) is 4.19. The molecule has 0 aliphatic heterocycles. The van der Waals surface area contributed by atoms with E-state index in [0.29, 0.717) is 0 Å². The Morgan fingerprint density at radius 1 is 1.00 bits per heavy atom. The lowest BCUT2D eigenvalue weighted by Gasteiger charge is -2.12. The second kappa shape index (κ2) is 5.28. The minimum Gasteiger partial charge on any atom is -0.312 e. The van der Waals surface area contributed by atoms with Gasteiger partial charge in [0.2, 0.25) is 0 Å². The summed E-state index contributed by atoms with van der Waals surface area (Å²) in [6.45, 7) is 0.861. The SMILES string of the molecule is CN(C)Cc1cccc2c1n1cc(Br)c3cccc(c4nncn24)c31. The lowest BCUT2D eigenvalue weighted by atomic mass is 10.1. The topological polar surface area (TPSA) is 37.8 Å². The van der Waals surface area contributed by atoms with Gasteiger partial charge in [0, 0.05) is 28.0 Å². The zero-order chi connectivity index (χ0) is 17.1. The van der Waals surface area contributed by atoms with Gasteiger partial charge in [0.05, 0.1) is 16.6 Å². The molecule has 5 rings (SSSR count). The Morgan fingerprint density at radius 3 is 2.64 bits per heavy atom. The molecular weight excluding hydrogens is 378 g/mol. The first-order valence-electron chi connectivity index (χ1n) is 8.12. The van der Waals surface area contributed by atoms with Gasteiger partial charge in [0.25, 0.3) is 0 Å². The van der Waals surface area contributed by atoms with Gasteiger partial charge in [-0.05, 0) is 47.7 Å². The van der Waals surface area contributed by atoms with Crippen LogP contribution < -0.4 is 0 Å². The van der Waals surface area contributed by atoms with Crippen LogP contribution in [0.15, 0.2) is 53.4 Å². The van der Waals surface area contributed by atoms with Gasteiger partial charge in [0.15, 0.2) is 5.65 Å². The van der Waals surface area contributed by atoms with Crippen molar-refractivity contribution in [2.75, 3.05) is 14.1 Å². The van der Waals surface area contributed by atoms with Gasteiger partial charge < -0.3 is 9.30 Å². The van der Waals surface area contributed by atoms with E-state index in [1.54, 1.807) is 6.33 Å². The number of halogens is 1. The molecule has 5 aromatic rings. The highest BCUT2D eigenvalue weighted by Gasteiger charge is 2.16. The molecule has 2 aromatic carbocycles. The molecule has 5 nitrogen and oxygen atoms in total. The fourth-order valence-electron chi connectivity index (χ4n) is 3.71. The molecule has 0 saturated heterocycles. The highest BCUT2D eigenvalue weighted by Crippen LogP contribution is 2.34. The predicted molar refractivity (Wildman–Crippen MR) is 104 cm³/mol. The molecule has 0 amide bonds. The summed E-state index contributed by atoms with van der Waals surface area (Å²) in [5.74, 6) is 0. The third-order valence-electron chi connectivity index (χ3n) is 4.65. The zero-order valence-corrected chi connectivity index (χ0v) is 15.5. The quantitative estimate of drug-likeness (QED) is 0.452. The maximum Gasteiger partial charge on any atom is 0.170 e. The van der Waals surface area contributed by atoms with Crippen molar-refractivity contribution in [2.24, 2.45) is 0 Å². The molecule has 124 valence electrons. The highest BCUT2D eigenvalue weighted by molar-refractivity contribution is 9.10. The Bertz CT molecular complexity index is 1270. The van der Waals surface area contributed by atoms with Crippen LogP contribution in [0.4, 0.5) is 0 Å². The summed E-state index contributed by atoms with van der Waals surface area (Å²) >= 11 is 3.73. The van der Waals surface area contributed by atoms with Gasteiger partial charge in [-0.3, -0.25) is 4.40 Å². The molecule has 0 aliphatic carbocycles. The van der Waals surface area contributed by atoms with Crippen LogP contribution in [0.1, 0.15) is 5.56 Å². The maximum absolute atomic E-state index is 4.41. The Balaban J connectivity index is 2.17. The summed E-state index contributed by atoms with van der Waals surface area (Å²) in [4.78, 5) is 2.19. The molecule has 0 bridgehead atoms. The summed E-state index contributed by atoms with van der Waals surface area (Å²) in [6.07, 6.45) is 3.96. The monoisotopic (exact) mass is 393 g/mol. The molecule has 25 heavy (non-hydrogen) atoms. The molecule has 0 N–H and O–H groups in total. The van der Waals surface area contributed by atoms with Crippen LogP contribution in [-0.4, -0.2) is 38.0 Å². The first-order valence-corrected chi connectivity index (χ1v) is 8.92. The fraction of sp³-hybridized carbons (Fsp3) is 0.158. The third kappa shape index (κ3) is 2.04. The van der Waals surface area contributed by atoms with E-state index in [-0.39, 0.29) is 0 Å². The van der Waals surface area contributed by atoms with Crippen molar-refractivity contribution in [3.05, 3.63) is 59.0 Å². The number of hydrogen-bond acceptors (Lipinski definition) is 3. The fourth-order valence-corrected chi connectivity index (χ4v) is 4.24. The summed E-state index contributed by atoms with van der Waals surface area (Å²) in [6, 6.07) is 12.8. The van der Waals surface area contributed by atoms with E-state index >= 15 is 0 Å². The minimum atomic E-state index is 0.861. The molecule has 0 aliphatic rings. The second-order valence-electron chi connectivity index (χ2n) is 6.60. The highest BCUT2D eigenvalue weighted by atomic mass is 79.9. The summed E-state index contributed by atoms with van der Waals surface area (Å²) < 4.78 is 5.46. The Labute approximate surface area is 152 Å². The van der Waals surface area contributed by atoms with E-state index in [4.69, 9.17) is 0 Å². The number of nitrogens with zero attached hydrogens (tertiary/aromatic N) is 5. The second-order valence-corrected chi connectivity index (χ2v) is 7.45.